The van der Waals surface area contributed by atoms with Gasteiger partial charge in [0, 0.05) is 37.6 Å². The van der Waals surface area contributed by atoms with Gasteiger partial charge in [0.25, 0.3) is 0 Å². The lowest BCUT2D eigenvalue weighted by molar-refractivity contribution is 0.891. The van der Waals surface area contributed by atoms with Crippen molar-refractivity contribution in [3.05, 3.63) is 85.1 Å². The maximum atomic E-state index is 4.76. The van der Waals surface area contributed by atoms with Gasteiger partial charge in [0.05, 0.1) is 11.4 Å². The summed E-state index contributed by atoms with van der Waals surface area (Å²) >= 11 is 0. The Balaban J connectivity index is 1.76. The van der Waals surface area contributed by atoms with E-state index in [2.05, 4.69) is 51.6 Å². The average Bonchev–Trinajstić information content (AvgIpc) is 3.13. The van der Waals surface area contributed by atoms with Gasteiger partial charge in [-0.15, -0.1) is 5.10 Å². The molecular formula is C22H21N5. The molecule has 4 aromatic rings. The number of anilines is 3. The van der Waals surface area contributed by atoms with E-state index < -0.39 is 0 Å². The Morgan fingerprint density at radius 1 is 0.815 bits per heavy atom. The molecule has 2 aromatic carbocycles. The van der Waals surface area contributed by atoms with Gasteiger partial charge in [-0.3, -0.25) is 0 Å². The first-order valence-electron chi connectivity index (χ1n) is 8.82. The third-order valence-electron chi connectivity index (χ3n) is 4.31. The number of nitrogens with one attached hydrogen (secondary N) is 1. The molecule has 4 rings (SSSR count). The van der Waals surface area contributed by atoms with Crippen LogP contribution in [0.3, 0.4) is 0 Å². The minimum atomic E-state index is 0.754. The molecule has 0 amide bonds. The van der Waals surface area contributed by atoms with Crippen LogP contribution < -0.4 is 10.2 Å². The fourth-order valence-corrected chi connectivity index (χ4v) is 2.91. The van der Waals surface area contributed by atoms with Gasteiger partial charge in [0.15, 0.2) is 5.82 Å². The Kier molecular flexibility index (Phi) is 4.58. The molecule has 0 atom stereocenters. The fourth-order valence-electron chi connectivity index (χ4n) is 2.91. The van der Waals surface area contributed by atoms with Gasteiger partial charge in [-0.05, 0) is 36.4 Å². The summed E-state index contributed by atoms with van der Waals surface area (Å²) in [4.78, 5) is 6.41. The summed E-state index contributed by atoms with van der Waals surface area (Å²) in [5.74, 6) is 1.52. The van der Waals surface area contributed by atoms with E-state index >= 15 is 0 Å². The highest BCUT2D eigenvalue weighted by molar-refractivity contribution is 5.69. The highest BCUT2D eigenvalue weighted by atomic mass is 15.3. The second kappa shape index (κ2) is 7.33. The minimum absolute atomic E-state index is 0.754. The topological polar surface area (TPSA) is 46.0 Å². The quantitative estimate of drug-likeness (QED) is 0.561. The number of rotatable bonds is 5. The van der Waals surface area contributed by atoms with E-state index in [1.807, 2.05) is 61.2 Å². The lowest BCUT2D eigenvalue weighted by atomic mass is 10.1. The van der Waals surface area contributed by atoms with Gasteiger partial charge in [-0.1, -0.05) is 36.4 Å². The number of benzene rings is 2. The first-order chi connectivity index (χ1) is 13.2. The van der Waals surface area contributed by atoms with Crippen LogP contribution >= 0.6 is 0 Å². The average molecular weight is 355 g/mol. The maximum Gasteiger partial charge on any atom is 0.154 e. The first-order valence-corrected chi connectivity index (χ1v) is 8.82. The zero-order chi connectivity index (χ0) is 18.6. The first kappa shape index (κ1) is 16.8. The molecule has 0 aliphatic heterocycles. The molecule has 0 unspecified atom stereocenters. The Morgan fingerprint density at radius 2 is 1.56 bits per heavy atom. The number of hydrogen-bond acceptors (Lipinski definition) is 4. The Hall–Kier alpha value is -3.60. The van der Waals surface area contributed by atoms with E-state index in [1.54, 1.807) is 6.20 Å². The molecule has 0 saturated carbocycles. The summed E-state index contributed by atoms with van der Waals surface area (Å²) in [6.45, 7) is 0. The highest BCUT2D eigenvalue weighted by Crippen LogP contribution is 2.28. The van der Waals surface area contributed by atoms with E-state index in [4.69, 9.17) is 5.10 Å². The number of nitrogens with zero attached hydrogens (tertiary/aromatic N) is 4. The Morgan fingerprint density at radius 3 is 2.22 bits per heavy atom. The van der Waals surface area contributed by atoms with Crippen molar-refractivity contribution >= 4 is 17.3 Å². The summed E-state index contributed by atoms with van der Waals surface area (Å²) in [6.07, 6.45) is 1.76. The van der Waals surface area contributed by atoms with Crippen LogP contribution in [-0.4, -0.2) is 28.9 Å². The molecule has 0 fully saturated rings. The number of para-hydroxylation sites is 1. The van der Waals surface area contributed by atoms with Crippen molar-refractivity contribution in [2.45, 2.75) is 0 Å². The van der Waals surface area contributed by atoms with Crippen molar-refractivity contribution in [2.75, 3.05) is 24.3 Å². The molecule has 27 heavy (non-hydrogen) atoms. The van der Waals surface area contributed by atoms with Crippen molar-refractivity contribution in [3.63, 3.8) is 0 Å². The minimum Gasteiger partial charge on any atom is -0.378 e. The van der Waals surface area contributed by atoms with Gasteiger partial charge in [0.2, 0.25) is 0 Å². The Labute approximate surface area is 158 Å². The van der Waals surface area contributed by atoms with Crippen LogP contribution in [0.1, 0.15) is 0 Å². The van der Waals surface area contributed by atoms with E-state index in [0.717, 1.165) is 34.3 Å². The van der Waals surface area contributed by atoms with E-state index in [-0.39, 0.29) is 0 Å². The molecule has 0 spiro atoms. The van der Waals surface area contributed by atoms with Crippen LogP contribution in [0.4, 0.5) is 17.3 Å². The van der Waals surface area contributed by atoms with Crippen molar-refractivity contribution in [2.24, 2.45) is 0 Å². The number of pyridine rings is 1. The van der Waals surface area contributed by atoms with Gasteiger partial charge in [0.1, 0.15) is 5.82 Å². The second-order valence-corrected chi connectivity index (χ2v) is 6.44. The highest BCUT2D eigenvalue weighted by Gasteiger charge is 2.12. The van der Waals surface area contributed by atoms with Crippen LogP contribution in [0.25, 0.3) is 16.9 Å². The van der Waals surface area contributed by atoms with E-state index in [1.165, 1.54) is 0 Å². The lowest BCUT2D eigenvalue weighted by Gasteiger charge is -2.13. The number of hydrogen-bond donors (Lipinski definition) is 1. The normalized spacial score (nSPS) is 10.6. The van der Waals surface area contributed by atoms with Crippen molar-refractivity contribution in [1.82, 2.24) is 14.8 Å². The van der Waals surface area contributed by atoms with Gasteiger partial charge in [-0.2, -0.15) is 0 Å². The van der Waals surface area contributed by atoms with Crippen molar-refractivity contribution in [1.29, 1.82) is 0 Å². The van der Waals surface area contributed by atoms with E-state index in [0.29, 0.717) is 0 Å². The van der Waals surface area contributed by atoms with Crippen LogP contribution in [-0.2, 0) is 0 Å². The third kappa shape index (κ3) is 3.67. The predicted octanol–water partition coefficient (Wildman–Crippen LogP) is 4.74. The monoisotopic (exact) mass is 355 g/mol. The molecule has 0 bridgehead atoms. The molecule has 0 aliphatic rings. The molecule has 0 aliphatic carbocycles. The van der Waals surface area contributed by atoms with Crippen LogP contribution in [0.5, 0.6) is 0 Å². The zero-order valence-electron chi connectivity index (χ0n) is 15.4. The molecular weight excluding hydrogens is 334 g/mol. The standard InChI is InChI=1S/C22H21N5/c1-26(2)18-13-11-17(12-14-18)20-16-22(24-21-10-6-7-15-23-21)25-27(20)19-8-4-3-5-9-19/h3-16H,1-2H3,(H,23,24,25). The fraction of sp³-hybridized carbons (Fsp3) is 0.0909. The SMILES string of the molecule is CN(C)c1ccc(-c2cc(Nc3ccccn3)nn2-c2ccccc2)cc1. The smallest absolute Gasteiger partial charge is 0.154 e. The summed E-state index contributed by atoms with van der Waals surface area (Å²) in [5, 5.41) is 8.05. The second-order valence-electron chi connectivity index (χ2n) is 6.44. The molecule has 5 heteroatoms. The predicted molar refractivity (Wildman–Crippen MR) is 111 cm³/mol. The summed E-state index contributed by atoms with van der Waals surface area (Å²) in [5.41, 5.74) is 4.30. The Bertz CT molecular complexity index is 1010. The van der Waals surface area contributed by atoms with Crippen LogP contribution in [0.2, 0.25) is 0 Å². The molecule has 2 aromatic heterocycles. The maximum absolute atomic E-state index is 4.76. The molecule has 2 heterocycles. The van der Waals surface area contributed by atoms with Crippen LogP contribution in [0.15, 0.2) is 85.1 Å². The zero-order valence-corrected chi connectivity index (χ0v) is 15.4. The van der Waals surface area contributed by atoms with Crippen molar-refractivity contribution < 1.29 is 0 Å². The molecule has 0 radical (unpaired) electrons. The summed E-state index contributed by atoms with van der Waals surface area (Å²) in [7, 11) is 4.08. The number of aromatic nitrogens is 3. The van der Waals surface area contributed by atoms with Crippen molar-refractivity contribution in [3.8, 4) is 16.9 Å². The van der Waals surface area contributed by atoms with Gasteiger partial charge >= 0.3 is 0 Å². The summed E-state index contributed by atoms with van der Waals surface area (Å²) in [6, 6.07) is 26.4. The van der Waals surface area contributed by atoms with Gasteiger partial charge < -0.3 is 10.2 Å². The molecule has 5 nitrogen and oxygen atoms in total. The van der Waals surface area contributed by atoms with Crippen LogP contribution in [0, 0.1) is 0 Å². The largest absolute Gasteiger partial charge is 0.378 e. The lowest BCUT2D eigenvalue weighted by Crippen LogP contribution is -2.08. The summed E-state index contributed by atoms with van der Waals surface area (Å²) < 4.78 is 1.95. The molecule has 134 valence electrons. The third-order valence-corrected chi connectivity index (χ3v) is 4.31. The molecule has 1 N–H and O–H groups in total. The van der Waals surface area contributed by atoms with E-state index in [9.17, 15) is 0 Å². The molecule has 0 saturated heterocycles. The van der Waals surface area contributed by atoms with Gasteiger partial charge in [-0.25, -0.2) is 9.67 Å².